The molecule has 1 aromatic heterocycles. The van der Waals surface area contributed by atoms with E-state index in [4.69, 9.17) is 9.47 Å². The third kappa shape index (κ3) is 5.44. The summed E-state index contributed by atoms with van der Waals surface area (Å²) in [6.45, 7) is 10.5. The van der Waals surface area contributed by atoms with Crippen molar-refractivity contribution < 1.29 is 23.5 Å². The second-order valence-corrected chi connectivity index (χ2v) is 9.20. The predicted octanol–water partition coefficient (Wildman–Crippen LogP) is 5.40. The van der Waals surface area contributed by atoms with Crippen molar-refractivity contribution >= 4 is 22.8 Å². The normalized spacial score (nSPS) is 19.0. The molecule has 1 amide bonds. The molecule has 2 heterocycles. The Morgan fingerprint density at radius 3 is 2.75 bits per heavy atom. The second kappa shape index (κ2) is 9.67. The predicted molar refractivity (Wildman–Crippen MR) is 121 cm³/mol. The van der Waals surface area contributed by atoms with Crippen molar-refractivity contribution in [1.29, 1.82) is 0 Å². The Hall–Kier alpha value is -2.96. The fourth-order valence-electron chi connectivity index (χ4n) is 4.15. The summed E-state index contributed by atoms with van der Waals surface area (Å²) in [7, 11) is 1.52. The zero-order chi connectivity index (χ0) is 23.5. The van der Waals surface area contributed by atoms with E-state index in [1.54, 1.807) is 23.1 Å². The minimum Gasteiger partial charge on any atom is -0.497 e. The van der Waals surface area contributed by atoms with Crippen LogP contribution in [0.1, 0.15) is 50.4 Å². The number of pyridine rings is 1. The van der Waals surface area contributed by atoms with Crippen LogP contribution in [0.15, 0.2) is 37.1 Å². The number of nitrogens with zero attached hydrogens (tertiary/aromatic N) is 2. The maximum atomic E-state index is 14.6. The maximum absolute atomic E-state index is 14.6. The number of aromatic nitrogens is 1. The van der Waals surface area contributed by atoms with Crippen LogP contribution in [0.3, 0.4) is 0 Å². The van der Waals surface area contributed by atoms with Crippen molar-refractivity contribution in [3.05, 3.63) is 48.4 Å². The molecule has 0 aliphatic carbocycles. The molecule has 1 saturated heterocycles. The third-order valence-corrected chi connectivity index (χ3v) is 5.81. The number of Topliss-reactive ketones (excluding diaryl/α,β-unsaturated/α-hetero) is 1. The van der Waals surface area contributed by atoms with Crippen molar-refractivity contribution in [3.63, 3.8) is 0 Å². The zero-order valence-electron chi connectivity index (χ0n) is 19.2. The van der Waals surface area contributed by atoms with Crippen molar-refractivity contribution in [2.45, 2.75) is 45.6 Å². The molecule has 1 aliphatic heterocycles. The van der Waals surface area contributed by atoms with E-state index in [1.165, 1.54) is 7.11 Å². The van der Waals surface area contributed by atoms with Gasteiger partial charge in [0.05, 0.1) is 24.4 Å². The summed E-state index contributed by atoms with van der Waals surface area (Å²) in [6, 6.07) is 5.09. The van der Waals surface area contributed by atoms with Crippen LogP contribution in [-0.2, 0) is 4.74 Å². The van der Waals surface area contributed by atoms with Gasteiger partial charge in [0.1, 0.15) is 11.4 Å². The fraction of sp³-hybridized carbons (Fsp3) is 0.480. The number of methoxy groups -OCH3 is 1. The molecule has 7 heteroatoms. The number of halogens is 1. The molecule has 32 heavy (non-hydrogen) atoms. The number of benzene rings is 1. The number of hydrogen-bond acceptors (Lipinski definition) is 5. The molecule has 1 aliphatic rings. The molecule has 2 atom stereocenters. The molecule has 0 bridgehead atoms. The Kier molecular flexibility index (Phi) is 7.16. The SMILES string of the molecule is C=C[C@H]1CN(C(=O)OC(C)(C)C)CC[C@H]1CCC(=O)c1c(F)cnc2ccc(OC)cc12. The minimum atomic E-state index is -0.629. The number of likely N-dealkylation sites (tertiary alicyclic amines) is 1. The van der Waals surface area contributed by atoms with Gasteiger partial charge in [0, 0.05) is 24.9 Å². The lowest BCUT2D eigenvalue weighted by molar-refractivity contribution is 0.0131. The molecule has 1 aromatic carbocycles. The first-order valence-corrected chi connectivity index (χ1v) is 10.9. The van der Waals surface area contributed by atoms with Crippen molar-refractivity contribution in [3.8, 4) is 5.75 Å². The summed E-state index contributed by atoms with van der Waals surface area (Å²) in [4.78, 5) is 31.2. The Morgan fingerprint density at radius 1 is 1.34 bits per heavy atom. The number of ether oxygens (including phenoxy) is 2. The number of carbonyl (C=O) groups excluding carboxylic acids is 2. The first kappa shape index (κ1) is 23.7. The lowest BCUT2D eigenvalue weighted by Crippen LogP contribution is -2.45. The van der Waals surface area contributed by atoms with E-state index >= 15 is 0 Å². The first-order chi connectivity index (χ1) is 15.1. The molecule has 1 fully saturated rings. The first-order valence-electron chi connectivity index (χ1n) is 10.9. The highest BCUT2D eigenvalue weighted by atomic mass is 19.1. The topological polar surface area (TPSA) is 68.7 Å². The minimum absolute atomic E-state index is 0.0446. The summed E-state index contributed by atoms with van der Waals surface area (Å²) in [5.41, 5.74) is 0.0461. The van der Waals surface area contributed by atoms with Crippen LogP contribution >= 0.6 is 0 Å². The van der Waals surface area contributed by atoms with Gasteiger partial charge in [0.25, 0.3) is 0 Å². The van der Waals surface area contributed by atoms with Crippen LogP contribution in [0.5, 0.6) is 5.75 Å². The molecular formula is C25H31FN2O4. The highest BCUT2D eigenvalue weighted by Crippen LogP contribution is 2.31. The van der Waals surface area contributed by atoms with Crippen LogP contribution in [0.4, 0.5) is 9.18 Å². The number of amides is 1. The zero-order valence-corrected chi connectivity index (χ0v) is 19.2. The average molecular weight is 443 g/mol. The quantitative estimate of drug-likeness (QED) is 0.442. The molecule has 6 nitrogen and oxygen atoms in total. The fourth-order valence-corrected chi connectivity index (χ4v) is 4.15. The molecular weight excluding hydrogens is 411 g/mol. The van der Waals surface area contributed by atoms with Crippen molar-refractivity contribution in [2.24, 2.45) is 11.8 Å². The maximum Gasteiger partial charge on any atom is 0.410 e. The van der Waals surface area contributed by atoms with Crippen LogP contribution < -0.4 is 4.74 Å². The van der Waals surface area contributed by atoms with E-state index in [-0.39, 0.29) is 35.7 Å². The molecule has 0 radical (unpaired) electrons. The molecule has 0 unspecified atom stereocenters. The van der Waals surface area contributed by atoms with Gasteiger partial charge in [0.2, 0.25) is 0 Å². The standard InChI is InChI=1S/C25H31FN2O4/c1-6-16-15-28(24(30)32-25(2,3)4)12-11-17(16)7-10-22(29)23-19-13-18(31-5)8-9-21(19)27-14-20(23)26/h6,8-9,13-14,16-17H,1,7,10-12,15H2,2-5H3/t16-,17+/m0/s1. The average Bonchev–Trinajstić information content (AvgIpc) is 2.75. The number of rotatable bonds is 6. The lowest BCUT2D eigenvalue weighted by atomic mass is 9.81. The number of carbonyl (C=O) groups is 2. The van der Waals surface area contributed by atoms with Gasteiger partial charge in [-0.2, -0.15) is 0 Å². The highest BCUT2D eigenvalue weighted by Gasteiger charge is 2.32. The van der Waals surface area contributed by atoms with E-state index < -0.39 is 11.4 Å². The van der Waals surface area contributed by atoms with Crippen LogP contribution in [-0.4, -0.2) is 47.6 Å². The number of hydrogen-bond donors (Lipinski definition) is 0. The van der Waals surface area contributed by atoms with Gasteiger partial charge in [-0.05, 0) is 63.6 Å². The molecule has 3 rings (SSSR count). The molecule has 0 N–H and O–H groups in total. The smallest absolute Gasteiger partial charge is 0.410 e. The second-order valence-electron chi connectivity index (χ2n) is 9.20. The third-order valence-electron chi connectivity index (χ3n) is 5.81. The monoisotopic (exact) mass is 442 g/mol. The Morgan fingerprint density at radius 2 is 2.09 bits per heavy atom. The molecule has 2 aromatic rings. The van der Waals surface area contributed by atoms with Gasteiger partial charge >= 0.3 is 6.09 Å². The molecule has 172 valence electrons. The molecule has 0 spiro atoms. The van der Waals surface area contributed by atoms with Crippen molar-refractivity contribution in [1.82, 2.24) is 9.88 Å². The molecule has 0 saturated carbocycles. The van der Waals surface area contributed by atoms with E-state index in [0.717, 1.165) is 12.6 Å². The van der Waals surface area contributed by atoms with Crippen LogP contribution in [0, 0.1) is 17.7 Å². The van der Waals surface area contributed by atoms with E-state index in [1.807, 2.05) is 26.8 Å². The summed E-state index contributed by atoms with van der Waals surface area (Å²) in [5.74, 6) is -0.125. The van der Waals surface area contributed by atoms with Gasteiger partial charge in [-0.1, -0.05) is 6.08 Å². The van der Waals surface area contributed by atoms with Gasteiger partial charge in [-0.25, -0.2) is 9.18 Å². The van der Waals surface area contributed by atoms with Gasteiger partial charge in [-0.15, -0.1) is 6.58 Å². The van der Waals surface area contributed by atoms with Crippen LogP contribution in [0.2, 0.25) is 0 Å². The summed E-state index contributed by atoms with van der Waals surface area (Å²) < 4.78 is 25.3. The summed E-state index contributed by atoms with van der Waals surface area (Å²) in [6.07, 6.45) is 4.11. The summed E-state index contributed by atoms with van der Waals surface area (Å²) in [5, 5.41) is 0.453. The van der Waals surface area contributed by atoms with Crippen molar-refractivity contribution in [2.75, 3.05) is 20.2 Å². The highest BCUT2D eigenvalue weighted by molar-refractivity contribution is 6.07. The Bertz CT molecular complexity index is 1010. The number of fused-ring (bicyclic) bond motifs is 1. The largest absolute Gasteiger partial charge is 0.497 e. The number of ketones is 1. The van der Waals surface area contributed by atoms with Crippen LogP contribution in [0.25, 0.3) is 10.9 Å². The van der Waals surface area contributed by atoms with E-state index in [2.05, 4.69) is 11.6 Å². The van der Waals surface area contributed by atoms with Gasteiger partial charge in [-0.3, -0.25) is 9.78 Å². The van der Waals surface area contributed by atoms with E-state index in [0.29, 0.717) is 36.2 Å². The number of piperidine rings is 1. The Balaban J connectivity index is 1.69. The Labute approximate surface area is 188 Å². The lowest BCUT2D eigenvalue weighted by Gasteiger charge is -2.38. The summed E-state index contributed by atoms with van der Waals surface area (Å²) >= 11 is 0. The van der Waals surface area contributed by atoms with Gasteiger partial charge in [0.15, 0.2) is 11.6 Å². The van der Waals surface area contributed by atoms with E-state index in [9.17, 15) is 14.0 Å². The van der Waals surface area contributed by atoms with Gasteiger partial charge < -0.3 is 14.4 Å².